The fourth-order valence-electron chi connectivity index (χ4n) is 0.501. The number of terminal acetylenes is 1. The molecule has 0 unspecified atom stereocenters. The van der Waals surface area contributed by atoms with Gasteiger partial charge in [-0.25, -0.2) is 9.59 Å². The Morgan fingerprint density at radius 2 is 2.08 bits per heavy atom. The topological polar surface area (TPSA) is 74.6 Å². The first-order valence-electron chi connectivity index (χ1n) is 3.22. The fraction of sp³-hybridized carbons (Fsp3) is 0.143. The highest BCUT2D eigenvalue weighted by atomic mass is 17.0. The lowest BCUT2D eigenvalue weighted by Gasteiger charge is -1.93. The molecule has 1 rings (SSSR count). The van der Waals surface area contributed by atoms with E-state index in [9.17, 15) is 9.59 Å². The van der Waals surface area contributed by atoms with E-state index in [1.807, 2.05) is 0 Å². The Bertz CT molecular complexity index is 413. The zero-order chi connectivity index (χ0) is 9.68. The zero-order valence-electron chi connectivity index (χ0n) is 6.43. The van der Waals surface area contributed by atoms with Gasteiger partial charge in [-0.1, -0.05) is 5.92 Å². The summed E-state index contributed by atoms with van der Waals surface area (Å²) in [4.78, 5) is 25.4. The molecule has 0 bridgehead atoms. The standard InChI is InChI=1S/C7H5NO5/c1-2-3-4-5-11-8-12-6(9)7(10)13-8/h1,3-4H,5H2. The Kier molecular flexibility index (Phi) is 2.76. The van der Waals surface area contributed by atoms with Crippen molar-refractivity contribution < 1.29 is 13.9 Å². The molecule has 0 aromatic carbocycles. The SMILES string of the molecule is C#CC=CCOn1oc(=O)c(=O)o1. The van der Waals surface area contributed by atoms with E-state index in [0.29, 0.717) is 5.08 Å². The third kappa shape index (κ3) is 2.41. The lowest BCUT2D eigenvalue weighted by molar-refractivity contribution is -0.137. The van der Waals surface area contributed by atoms with Crippen LogP contribution < -0.4 is 16.1 Å². The van der Waals surface area contributed by atoms with Gasteiger partial charge in [0.15, 0.2) is 0 Å². The average Bonchev–Trinajstić information content (AvgIpc) is 2.41. The van der Waals surface area contributed by atoms with Gasteiger partial charge in [-0.2, -0.15) is 0 Å². The van der Waals surface area contributed by atoms with Gasteiger partial charge in [0.25, 0.3) is 0 Å². The molecule has 0 aliphatic rings. The molecule has 13 heavy (non-hydrogen) atoms. The molecule has 6 heteroatoms. The molecule has 1 heterocycles. The summed E-state index contributed by atoms with van der Waals surface area (Å²) in [6.45, 7) is 0.0325. The van der Waals surface area contributed by atoms with E-state index >= 15 is 0 Å². The summed E-state index contributed by atoms with van der Waals surface area (Å²) in [6, 6.07) is 0. The first-order chi connectivity index (χ1) is 6.24. The van der Waals surface area contributed by atoms with Crippen molar-refractivity contribution in [3.8, 4) is 12.3 Å². The van der Waals surface area contributed by atoms with Crippen molar-refractivity contribution in [2.75, 3.05) is 6.61 Å². The second-order valence-electron chi connectivity index (χ2n) is 1.85. The molecular formula is C7H5NO5. The van der Waals surface area contributed by atoms with Crippen LogP contribution in [-0.4, -0.2) is 11.7 Å². The van der Waals surface area contributed by atoms with Gasteiger partial charge in [-0.3, -0.25) is 9.05 Å². The van der Waals surface area contributed by atoms with Crippen molar-refractivity contribution in [2.45, 2.75) is 0 Å². The summed E-state index contributed by atoms with van der Waals surface area (Å²) in [5.74, 6) is 2.22. The summed E-state index contributed by atoms with van der Waals surface area (Å²) in [5, 5.41) is 0.325. The van der Waals surface area contributed by atoms with E-state index in [1.165, 1.54) is 12.2 Å². The molecule has 0 saturated carbocycles. The average molecular weight is 183 g/mol. The highest BCUT2D eigenvalue weighted by molar-refractivity contribution is 5.08. The first kappa shape index (κ1) is 8.93. The molecule has 0 saturated heterocycles. The summed E-state index contributed by atoms with van der Waals surface area (Å²) in [7, 11) is 0. The molecule has 0 N–H and O–H groups in total. The Morgan fingerprint density at radius 3 is 2.62 bits per heavy atom. The van der Waals surface area contributed by atoms with E-state index in [4.69, 9.17) is 6.42 Å². The predicted octanol–water partition coefficient (Wildman–Crippen LogP) is -0.987. The molecule has 0 fully saturated rings. The van der Waals surface area contributed by atoms with Crippen LogP contribution >= 0.6 is 0 Å². The molecule has 68 valence electrons. The maximum atomic E-state index is 10.4. The molecule has 0 aliphatic heterocycles. The van der Waals surface area contributed by atoms with Crippen molar-refractivity contribution >= 4 is 0 Å². The van der Waals surface area contributed by atoms with E-state index < -0.39 is 11.3 Å². The summed E-state index contributed by atoms with van der Waals surface area (Å²) in [6.07, 6.45) is 7.75. The van der Waals surface area contributed by atoms with Crippen LogP contribution in [0.2, 0.25) is 0 Å². The minimum absolute atomic E-state index is 0.0325. The molecule has 1 aromatic heterocycles. The van der Waals surface area contributed by atoms with Gasteiger partial charge in [0.1, 0.15) is 11.7 Å². The second-order valence-corrected chi connectivity index (χ2v) is 1.85. The fourth-order valence-corrected chi connectivity index (χ4v) is 0.501. The van der Waals surface area contributed by atoms with Crippen molar-refractivity contribution in [3.63, 3.8) is 0 Å². The second kappa shape index (κ2) is 4.01. The van der Waals surface area contributed by atoms with Gasteiger partial charge in [-0.15, -0.1) is 6.42 Å². The molecule has 0 aliphatic carbocycles. The molecular weight excluding hydrogens is 178 g/mol. The molecule has 0 spiro atoms. The van der Waals surface area contributed by atoms with Crippen LogP contribution in [0.1, 0.15) is 0 Å². The maximum absolute atomic E-state index is 10.4. The van der Waals surface area contributed by atoms with Gasteiger partial charge in [0.2, 0.25) is 0 Å². The minimum Gasteiger partial charge on any atom is -0.353 e. The Hall–Kier alpha value is -2.16. The van der Waals surface area contributed by atoms with Crippen LogP contribution in [-0.2, 0) is 0 Å². The highest BCUT2D eigenvalue weighted by Gasteiger charge is 2.03. The number of hydrogen-bond donors (Lipinski definition) is 0. The van der Waals surface area contributed by atoms with Crippen molar-refractivity contribution in [1.82, 2.24) is 5.08 Å². The summed E-state index contributed by atoms with van der Waals surface area (Å²) >= 11 is 0. The van der Waals surface area contributed by atoms with Gasteiger partial charge < -0.3 is 4.84 Å². The van der Waals surface area contributed by atoms with Gasteiger partial charge in [0.05, 0.1) is 0 Å². The maximum Gasteiger partial charge on any atom is 0.449 e. The van der Waals surface area contributed by atoms with Crippen molar-refractivity contribution in [3.05, 3.63) is 33.0 Å². The van der Waals surface area contributed by atoms with Crippen molar-refractivity contribution in [2.24, 2.45) is 0 Å². The van der Waals surface area contributed by atoms with Crippen molar-refractivity contribution in [1.29, 1.82) is 0 Å². The van der Waals surface area contributed by atoms with Gasteiger partial charge in [-0.05, 0) is 12.2 Å². The zero-order valence-corrected chi connectivity index (χ0v) is 6.43. The normalized spacial score (nSPS) is 10.1. The van der Waals surface area contributed by atoms with E-state index in [1.54, 1.807) is 0 Å². The van der Waals surface area contributed by atoms with Crippen LogP contribution in [0.3, 0.4) is 0 Å². The van der Waals surface area contributed by atoms with Crippen LogP contribution in [0.4, 0.5) is 0 Å². The Morgan fingerprint density at radius 1 is 1.46 bits per heavy atom. The Labute approximate surface area is 71.9 Å². The lowest BCUT2D eigenvalue weighted by atomic mass is 10.5. The molecule has 0 amide bonds. The largest absolute Gasteiger partial charge is 0.449 e. The van der Waals surface area contributed by atoms with Crippen LogP contribution in [0.25, 0.3) is 0 Å². The number of rotatable bonds is 3. The number of aromatic nitrogens is 1. The third-order valence-electron chi connectivity index (χ3n) is 0.972. The summed E-state index contributed by atoms with van der Waals surface area (Å²) < 4.78 is 8.34. The number of nitrogens with zero attached hydrogens (tertiary/aromatic N) is 1. The number of hydrogen-bond acceptors (Lipinski definition) is 5. The number of allylic oxidation sites excluding steroid dienone is 1. The predicted molar refractivity (Wildman–Crippen MR) is 40.9 cm³/mol. The van der Waals surface area contributed by atoms with E-state index in [-0.39, 0.29) is 6.61 Å². The minimum atomic E-state index is -1.12. The van der Waals surface area contributed by atoms with Crippen LogP contribution in [0.15, 0.2) is 30.8 Å². The van der Waals surface area contributed by atoms with Crippen LogP contribution in [0.5, 0.6) is 0 Å². The highest BCUT2D eigenvalue weighted by Crippen LogP contribution is 1.75. The van der Waals surface area contributed by atoms with E-state index in [2.05, 4.69) is 19.8 Å². The van der Waals surface area contributed by atoms with E-state index in [0.717, 1.165) is 0 Å². The smallest absolute Gasteiger partial charge is 0.353 e. The molecule has 0 radical (unpaired) electrons. The lowest BCUT2D eigenvalue weighted by Crippen LogP contribution is -2.14. The molecule has 0 atom stereocenters. The molecule has 1 aromatic rings. The van der Waals surface area contributed by atoms with Gasteiger partial charge >= 0.3 is 11.3 Å². The first-order valence-corrected chi connectivity index (χ1v) is 3.22. The monoisotopic (exact) mass is 183 g/mol. The quantitative estimate of drug-likeness (QED) is 0.444. The Balaban J connectivity index is 2.57. The molecule has 6 nitrogen and oxygen atoms in total. The van der Waals surface area contributed by atoms with Crippen LogP contribution in [0, 0.1) is 12.3 Å². The summed E-state index contributed by atoms with van der Waals surface area (Å²) in [5.41, 5.74) is -2.25. The van der Waals surface area contributed by atoms with Gasteiger partial charge in [0, 0.05) is 0 Å². The third-order valence-corrected chi connectivity index (χ3v) is 0.972.